The highest BCUT2D eigenvalue weighted by Gasteiger charge is 2.33. The standard InChI is InChI=1S/C18H30N2/c1-5-17-13-19-18(4,6-2)14-20(17)12-11-16-10-8-7-9-15(16)3/h7-10,17,19H,5-6,11-14H2,1-4H3. The molecule has 1 heterocycles. The van der Waals surface area contributed by atoms with E-state index in [-0.39, 0.29) is 5.54 Å². The number of nitrogens with one attached hydrogen (secondary N) is 1. The molecule has 2 unspecified atom stereocenters. The summed E-state index contributed by atoms with van der Waals surface area (Å²) in [4.78, 5) is 2.70. The Morgan fingerprint density at radius 3 is 2.70 bits per heavy atom. The first-order valence-electron chi connectivity index (χ1n) is 8.11. The summed E-state index contributed by atoms with van der Waals surface area (Å²) in [6.45, 7) is 12.7. The van der Waals surface area contributed by atoms with Gasteiger partial charge in [0.15, 0.2) is 0 Å². The van der Waals surface area contributed by atoms with E-state index in [1.807, 2.05) is 0 Å². The largest absolute Gasteiger partial charge is 0.309 e. The van der Waals surface area contributed by atoms with Crippen LogP contribution in [0.3, 0.4) is 0 Å². The number of aryl methyl sites for hydroxylation is 1. The van der Waals surface area contributed by atoms with Crippen molar-refractivity contribution in [3.63, 3.8) is 0 Å². The lowest BCUT2D eigenvalue weighted by atomic mass is 9.92. The lowest BCUT2D eigenvalue weighted by Gasteiger charge is -2.46. The van der Waals surface area contributed by atoms with Crippen LogP contribution in [0.1, 0.15) is 44.7 Å². The van der Waals surface area contributed by atoms with Crippen LogP contribution in [0.25, 0.3) is 0 Å². The fourth-order valence-electron chi connectivity index (χ4n) is 3.18. The monoisotopic (exact) mass is 274 g/mol. The molecular weight excluding hydrogens is 244 g/mol. The highest BCUT2D eigenvalue weighted by molar-refractivity contribution is 5.25. The van der Waals surface area contributed by atoms with Crippen molar-refractivity contribution >= 4 is 0 Å². The van der Waals surface area contributed by atoms with Gasteiger partial charge in [-0.25, -0.2) is 0 Å². The van der Waals surface area contributed by atoms with Gasteiger partial charge in [-0.15, -0.1) is 0 Å². The maximum absolute atomic E-state index is 3.74. The molecule has 1 saturated heterocycles. The highest BCUT2D eigenvalue weighted by Crippen LogP contribution is 2.21. The Morgan fingerprint density at radius 1 is 1.30 bits per heavy atom. The second kappa shape index (κ2) is 6.73. The third kappa shape index (κ3) is 3.62. The van der Waals surface area contributed by atoms with Gasteiger partial charge in [-0.2, -0.15) is 0 Å². The van der Waals surface area contributed by atoms with E-state index < -0.39 is 0 Å². The molecule has 1 aliphatic rings. The van der Waals surface area contributed by atoms with E-state index >= 15 is 0 Å². The van der Waals surface area contributed by atoms with Gasteiger partial charge in [0.2, 0.25) is 0 Å². The molecule has 1 aliphatic heterocycles. The smallest absolute Gasteiger partial charge is 0.0278 e. The Kier molecular flexibility index (Phi) is 5.22. The summed E-state index contributed by atoms with van der Waals surface area (Å²) in [7, 11) is 0. The lowest BCUT2D eigenvalue weighted by Crippen LogP contribution is -2.62. The molecule has 0 saturated carbocycles. The number of hydrogen-bond donors (Lipinski definition) is 1. The van der Waals surface area contributed by atoms with Crippen molar-refractivity contribution < 1.29 is 0 Å². The van der Waals surface area contributed by atoms with Crippen LogP contribution in [-0.2, 0) is 6.42 Å². The van der Waals surface area contributed by atoms with E-state index in [1.165, 1.54) is 43.5 Å². The maximum Gasteiger partial charge on any atom is 0.0278 e. The molecular formula is C18H30N2. The van der Waals surface area contributed by atoms with Crippen LogP contribution in [0, 0.1) is 6.92 Å². The van der Waals surface area contributed by atoms with E-state index in [1.54, 1.807) is 0 Å². The molecule has 1 N–H and O–H groups in total. The Balaban J connectivity index is 2.00. The molecule has 20 heavy (non-hydrogen) atoms. The fourth-order valence-corrected chi connectivity index (χ4v) is 3.18. The molecule has 0 amide bonds. The van der Waals surface area contributed by atoms with Gasteiger partial charge in [0, 0.05) is 31.2 Å². The molecule has 1 aromatic rings. The van der Waals surface area contributed by atoms with Crippen LogP contribution in [0.2, 0.25) is 0 Å². The summed E-state index contributed by atoms with van der Waals surface area (Å²) in [6.07, 6.45) is 3.60. The van der Waals surface area contributed by atoms with Gasteiger partial charge in [-0.05, 0) is 44.2 Å². The van der Waals surface area contributed by atoms with Crippen molar-refractivity contribution in [2.75, 3.05) is 19.6 Å². The Morgan fingerprint density at radius 2 is 2.05 bits per heavy atom. The average Bonchev–Trinajstić information content (AvgIpc) is 2.47. The molecule has 1 aromatic carbocycles. The molecule has 0 aliphatic carbocycles. The van der Waals surface area contributed by atoms with Gasteiger partial charge in [-0.1, -0.05) is 38.1 Å². The second-order valence-corrected chi connectivity index (χ2v) is 6.50. The first-order valence-corrected chi connectivity index (χ1v) is 8.11. The summed E-state index contributed by atoms with van der Waals surface area (Å²) >= 11 is 0. The number of benzene rings is 1. The van der Waals surface area contributed by atoms with Crippen molar-refractivity contribution in [1.29, 1.82) is 0 Å². The van der Waals surface area contributed by atoms with E-state index in [0.29, 0.717) is 6.04 Å². The molecule has 2 atom stereocenters. The van der Waals surface area contributed by atoms with Crippen LogP contribution in [-0.4, -0.2) is 36.1 Å². The molecule has 112 valence electrons. The van der Waals surface area contributed by atoms with Gasteiger partial charge < -0.3 is 5.32 Å². The maximum atomic E-state index is 3.74. The molecule has 0 radical (unpaired) electrons. The van der Waals surface area contributed by atoms with Crippen LogP contribution in [0.4, 0.5) is 0 Å². The minimum absolute atomic E-state index is 0.289. The predicted octanol–water partition coefficient (Wildman–Crippen LogP) is 3.39. The normalized spacial score (nSPS) is 27.7. The summed E-state index contributed by atoms with van der Waals surface area (Å²) in [5.41, 5.74) is 3.21. The molecule has 2 nitrogen and oxygen atoms in total. The number of nitrogens with zero attached hydrogens (tertiary/aromatic N) is 1. The lowest BCUT2D eigenvalue weighted by molar-refractivity contribution is 0.0832. The first kappa shape index (κ1) is 15.5. The summed E-state index contributed by atoms with van der Waals surface area (Å²) in [5, 5.41) is 3.74. The van der Waals surface area contributed by atoms with Gasteiger partial charge in [0.05, 0.1) is 0 Å². The van der Waals surface area contributed by atoms with Gasteiger partial charge in [0.1, 0.15) is 0 Å². The van der Waals surface area contributed by atoms with Crippen molar-refractivity contribution in [3.05, 3.63) is 35.4 Å². The molecule has 2 rings (SSSR count). The number of piperazine rings is 1. The van der Waals surface area contributed by atoms with E-state index in [0.717, 1.165) is 6.54 Å². The van der Waals surface area contributed by atoms with Crippen molar-refractivity contribution in [2.45, 2.75) is 58.5 Å². The minimum atomic E-state index is 0.289. The molecule has 0 bridgehead atoms. The van der Waals surface area contributed by atoms with Gasteiger partial charge >= 0.3 is 0 Å². The third-order valence-electron chi connectivity index (χ3n) is 5.01. The Bertz CT molecular complexity index is 429. The number of hydrogen-bond acceptors (Lipinski definition) is 2. The van der Waals surface area contributed by atoms with Gasteiger partial charge in [0.25, 0.3) is 0 Å². The van der Waals surface area contributed by atoms with Crippen molar-refractivity contribution in [3.8, 4) is 0 Å². The molecule has 1 fully saturated rings. The fraction of sp³-hybridized carbons (Fsp3) is 0.667. The van der Waals surface area contributed by atoms with E-state index in [4.69, 9.17) is 0 Å². The average molecular weight is 274 g/mol. The van der Waals surface area contributed by atoms with Crippen LogP contribution >= 0.6 is 0 Å². The molecule has 0 spiro atoms. The Labute approximate surface area is 124 Å². The zero-order chi connectivity index (χ0) is 14.6. The molecule has 0 aromatic heterocycles. The zero-order valence-corrected chi connectivity index (χ0v) is 13.6. The second-order valence-electron chi connectivity index (χ2n) is 6.50. The number of rotatable bonds is 5. The minimum Gasteiger partial charge on any atom is -0.309 e. The first-order chi connectivity index (χ1) is 9.58. The molecule has 2 heteroatoms. The topological polar surface area (TPSA) is 15.3 Å². The van der Waals surface area contributed by atoms with E-state index in [2.05, 4.69) is 62.2 Å². The van der Waals surface area contributed by atoms with Crippen molar-refractivity contribution in [1.82, 2.24) is 10.2 Å². The zero-order valence-electron chi connectivity index (χ0n) is 13.6. The SMILES string of the molecule is CCC1CNC(C)(CC)CN1CCc1ccccc1C. The highest BCUT2D eigenvalue weighted by atomic mass is 15.2. The van der Waals surface area contributed by atoms with Gasteiger partial charge in [-0.3, -0.25) is 4.90 Å². The van der Waals surface area contributed by atoms with Crippen LogP contribution in [0.15, 0.2) is 24.3 Å². The summed E-state index contributed by atoms with van der Waals surface area (Å²) < 4.78 is 0. The Hall–Kier alpha value is -0.860. The van der Waals surface area contributed by atoms with Crippen LogP contribution in [0.5, 0.6) is 0 Å². The summed E-state index contributed by atoms with van der Waals surface area (Å²) in [6, 6.07) is 9.48. The van der Waals surface area contributed by atoms with Crippen molar-refractivity contribution in [2.24, 2.45) is 0 Å². The predicted molar refractivity (Wildman–Crippen MR) is 87.2 cm³/mol. The quantitative estimate of drug-likeness (QED) is 0.885. The van der Waals surface area contributed by atoms with E-state index in [9.17, 15) is 0 Å². The van der Waals surface area contributed by atoms with Crippen LogP contribution < -0.4 is 5.32 Å². The summed E-state index contributed by atoms with van der Waals surface area (Å²) in [5.74, 6) is 0. The third-order valence-corrected chi connectivity index (χ3v) is 5.01.